The summed E-state index contributed by atoms with van der Waals surface area (Å²) in [5.41, 5.74) is 4.73. The van der Waals surface area contributed by atoms with Crippen LogP contribution >= 0.6 is 11.6 Å². The number of hydrazine groups is 1. The Morgan fingerprint density at radius 1 is 1.00 bits per heavy atom. The molecule has 0 bridgehead atoms. The van der Waals surface area contributed by atoms with E-state index in [1.165, 1.54) is 0 Å². The Bertz CT molecular complexity index is 621. The first-order valence-corrected chi connectivity index (χ1v) is 7.56. The van der Waals surface area contributed by atoms with Gasteiger partial charge in [0.25, 0.3) is 0 Å². The van der Waals surface area contributed by atoms with E-state index in [1.807, 2.05) is 0 Å². The number of nitrogens with one attached hydrogen (secondary N) is 3. The maximum Gasteiger partial charge on any atom is 0.327 e. The number of hydrogen-bond donors (Lipinski definition) is 3. The Kier molecular flexibility index (Phi) is 3.78. The lowest BCUT2D eigenvalue weighted by Crippen LogP contribution is -2.51. The summed E-state index contributed by atoms with van der Waals surface area (Å²) in [6.45, 7) is 0. The van der Waals surface area contributed by atoms with Gasteiger partial charge in [0.05, 0.1) is 5.41 Å². The van der Waals surface area contributed by atoms with Gasteiger partial charge in [0, 0.05) is 11.1 Å². The van der Waals surface area contributed by atoms with Gasteiger partial charge in [-0.05, 0) is 43.4 Å². The van der Waals surface area contributed by atoms with Crippen LogP contribution in [0.2, 0.25) is 5.02 Å². The van der Waals surface area contributed by atoms with Crippen LogP contribution in [0.1, 0.15) is 31.2 Å². The molecule has 6 nitrogen and oxygen atoms in total. The summed E-state index contributed by atoms with van der Waals surface area (Å²) >= 11 is 5.84. The van der Waals surface area contributed by atoms with Crippen LogP contribution in [0.15, 0.2) is 24.3 Å². The third-order valence-corrected chi connectivity index (χ3v) is 4.24. The minimum atomic E-state index is -0.854. The highest BCUT2D eigenvalue weighted by molar-refractivity contribution is 6.35. The fourth-order valence-electron chi connectivity index (χ4n) is 2.31. The van der Waals surface area contributed by atoms with Gasteiger partial charge in [0.1, 0.15) is 0 Å². The predicted octanol–water partition coefficient (Wildman–Crippen LogP) is 0.798. The highest BCUT2D eigenvalue weighted by Gasteiger charge is 2.51. The van der Waals surface area contributed by atoms with E-state index in [0.29, 0.717) is 17.9 Å². The van der Waals surface area contributed by atoms with Crippen molar-refractivity contribution in [2.75, 3.05) is 0 Å². The van der Waals surface area contributed by atoms with E-state index >= 15 is 0 Å². The molecule has 0 aliphatic heterocycles. The fraction of sp³-hybridized carbons (Fsp3) is 0.400. The van der Waals surface area contributed by atoms with Crippen molar-refractivity contribution in [3.8, 4) is 0 Å². The van der Waals surface area contributed by atoms with Gasteiger partial charge in [-0.1, -0.05) is 23.7 Å². The second-order valence-electron chi connectivity index (χ2n) is 5.74. The number of amides is 3. The number of rotatable bonds is 3. The number of hydrogen-bond acceptors (Lipinski definition) is 3. The molecule has 0 aromatic heterocycles. The van der Waals surface area contributed by atoms with Crippen molar-refractivity contribution in [2.45, 2.75) is 37.1 Å². The average Bonchev–Trinajstić information content (AvgIpc) is 3.39. The van der Waals surface area contributed by atoms with Crippen LogP contribution in [-0.2, 0) is 19.8 Å². The zero-order valence-electron chi connectivity index (χ0n) is 11.8. The monoisotopic (exact) mass is 321 g/mol. The van der Waals surface area contributed by atoms with Gasteiger partial charge in [-0.2, -0.15) is 0 Å². The van der Waals surface area contributed by atoms with Gasteiger partial charge in [0.15, 0.2) is 0 Å². The third-order valence-electron chi connectivity index (χ3n) is 3.99. The van der Waals surface area contributed by atoms with Crippen LogP contribution in [0.4, 0.5) is 0 Å². The second kappa shape index (κ2) is 5.61. The molecule has 22 heavy (non-hydrogen) atoms. The molecule has 0 spiro atoms. The molecular weight excluding hydrogens is 306 g/mol. The van der Waals surface area contributed by atoms with E-state index in [9.17, 15) is 14.4 Å². The van der Waals surface area contributed by atoms with Gasteiger partial charge in [-0.25, -0.2) is 0 Å². The molecule has 3 amide bonds. The van der Waals surface area contributed by atoms with Crippen LogP contribution in [0.5, 0.6) is 0 Å². The molecule has 2 fully saturated rings. The van der Waals surface area contributed by atoms with Gasteiger partial charge in [0.2, 0.25) is 5.91 Å². The molecule has 3 rings (SSSR count). The van der Waals surface area contributed by atoms with Crippen molar-refractivity contribution in [1.29, 1.82) is 0 Å². The molecule has 0 radical (unpaired) electrons. The normalized spacial score (nSPS) is 18.2. The summed E-state index contributed by atoms with van der Waals surface area (Å²) in [6, 6.07) is 7.16. The topological polar surface area (TPSA) is 87.3 Å². The van der Waals surface area contributed by atoms with E-state index in [2.05, 4.69) is 16.2 Å². The van der Waals surface area contributed by atoms with E-state index in [4.69, 9.17) is 11.6 Å². The number of benzene rings is 1. The first kappa shape index (κ1) is 14.8. The second-order valence-corrected chi connectivity index (χ2v) is 6.18. The van der Waals surface area contributed by atoms with Crippen molar-refractivity contribution < 1.29 is 14.4 Å². The van der Waals surface area contributed by atoms with Crippen LogP contribution < -0.4 is 16.2 Å². The largest absolute Gasteiger partial charge is 0.345 e. The van der Waals surface area contributed by atoms with Gasteiger partial charge < -0.3 is 5.32 Å². The van der Waals surface area contributed by atoms with Gasteiger partial charge in [-0.15, -0.1) is 0 Å². The quantitative estimate of drug-likeness (QED) is 0.568. The molecule has 2 aliphatic rings. The maximum absolute atomic E-state index is 12.3. The van der Waals surface area contributed by atoms with Gasteiger partial charge in [-0.3, -0.25) is 25.2 Å². The van der Waals surface area contributed by atoms with Crippen molar-refractivity contribution >= 4 is 29.3 Å². The number of carbonyl (C=O) groups is 3. The Balaban J connectivity index is 1.56. The van der Waals surface area contributed by atoms with E-state index < -0.39 is 17.2 Å². The molecule has 0 saturated heterocycles. The predicted molar refractivity (Wildman–Crippen MR) is 79.8 cm³/mol. The van der Waals surface area contributed by atoms with Crippen LogP contribution in [0, 0.1) is 0 Å². The van der Waals surface area contributed by atoms with Crippen molar-refractivity contribution in [1.82, 2.24) is 16.2 Å². The molecule has 0 atom stereocenters. The Morgan fingerprint density at radius 3 is 2.18 bits per heavy atom. The lowest BCUT2D eigenvalue weighted by molar-refractivity contribution is -0.141. The summed E-state index contributed by atoms with van der Waals surface area (Å²) in [7, 11) is 0. The molecule has 2 saturated carbocycles. The molecular formula is C15H16ClN3O3. The Morgan fingerprint density at radius 2 is 1.64 bits per heavy atom. The first-order chi connectivity index (χ1) is 10.5. The van der Waals surface area contributed by atoms with Crippen LogP contribution in [0.3, 0.4) is 0 Å². The molecule has 0 heterocycles. The first-order valence-electron chi connectivity index (χ1n) is 7.19. The minimum absolute atomic E-state index is 0.0952. The summed E-state index contributed by atoms with van der Waals surface area (Å²) in [5.74, 6) is -1.89. The summed E-state index contributed by atoms with van der Waals surface area (Å²) in [4.78, 5) is 35.4. The Hall–Kier alpha value is -2.08. The highest BCUT2D eigenvalue weighted by Crippen LogP contribution is 2.48. The number of carbonyl (C=O) groups excluding carboxylic acids is 3. The zero-order chi connectivity index (χ0) is 15.7. The standard InChI is InChI=1S/C15H16ClN3O3/c16-10-3-1-9(2-4-10)15(7-8-15)14(22)19-18-13(21)12(20)17-11-5-6-11/h1-4,11H,5-8H2,(H,17,20)(H,18,21)(H,19,22). The molecule has 2 aliphatic carbocycles. The van der Waals surface area contributed by atoms with Crippen molar-refractivity contribution in [3.63, 3.8) is 0 Å². The third kappa shape index (κ3) is 3.06. The SMILES string of the molecule is O=C(NNC(=O)C1(c2ccc(Cl)cc2)CC1)C(=O)NC1CC1. The van der Waals surface area contributed by atoms with Crippen molar-refractivity contribution in [3.05, 3.63) is 34.9 Å². The maximum atomic E-state index is 12.3. The molecule has 1 aromatic carbocycles. The zero-order valence-corrected chi connectivity index (χ0v) is 12.6. The van der Waals surface area contributed by atoms with E-state index in [1.54, 1.807) is 24.3 Å². The van der Waals surface area contributed by atoms with E-state index in [0.717, 1.165) is 18.4 Å². The molecule has 7 heteroatoms. The molecule has 3 N–H and O–H groups in total. The van der Waals surface area contributed by atoms with E-state index in [-0.39, 0.29) is 11.9 Å². The Labute approximate surface area is 132 Å². The minimum Gasteiger partial charge on any atom is -0.345 e. The fourth-order valence-corrected chi connectivity index (χ4v) is 2.44. The summed E-state index contributed by atoms with van der Waals surface area (Å²) in [5, 5.41) is 3.15. The lowest BCUT2D eigenvalue weighted by atomic mass is 9.95. The van der Waals surface area contributed by atoms with Crippen LogP contribution in [0.25, 0.3) is 0 Å². The molecule has 1 aromatic rings. The lowest BCUT2D eigenvalue weighted by Gasteiger charge is -2.16. The number of halogens is 1. The highest BCUT2D eigenvalue weighted by atomic mass is 35.5. The van der Waals surface area contributed by atoms with Crippen LogP contribution in [-0.4, -0.2) is 23.8 Å². The average molecular weight is 322 g/mol. The smallest absolute Gasteiger partial charge is 0.327 e. The molecule has 0 unspecified atom stereocenters. The summed E-state index contributed by atoms with van der Waals surface area (Å²) in [6.07, 6.45) is 3.19. The summed E-state index contributed by atoms with van der Waals surface area (Å²) < 4.78 is 0. The molecule has 116 valence electrons. The van der Waals surface area contributed by atoms with Gasteiger partial charge >= 0.3 is 11.8 Å². The van der Waals surface area contributed by atoms with Crippen molar-refractivity contribution in [2.24, 2.45) is 0 Å².